The van der Waals surface area contributed by atoms with E-state index in [2.05, 4.69) is 10.3 Å². The quantitative estimate of drug-likeness (QED) is 0.582. The average Bonchev–Trinajstić information content (AvgIpc) is 2.73. The van der Waals surface area contributed by atoms with Gasteiger partial charge in [0.15, 0.2) is 10.9 Å². The van der Waals surface area contributed by atoms with E-state index in [-0.39, 0.29) is 40.0 Å². The molecule has 3 rings (SSSR count). The van der Waals surface area contributed by atoms with Gasteiger partial charge in [-0.15, -0.1) is 0 Å². The Hall–Kier alpha value is -1.62. The number of hydrogen-bond donors (Lipinski definition) is 2. The second kappa shape index (κ2) is 10.5. The van der Waals surface area contributed by atoms with Crippen molar-refractivity contribution in [1.29, 1.82) is 0 Å². The maximum Gasteiger partial charge on any atom is 0.410 e. The zero-order valence-electron chi connectivity index (χ0n) is 18.3. The third kappa shape index (κ3) is 6.24. The maximum atomic E-state index is 12.4. The van der Waals surface area contributed by atoms with Gasteiger partial charge in [0.25, 0.3) is 0 Å². The lowest BCUT2D eigenvalue weighted by atomic mass is 10.2. The van der Waals surface area contributed by atoms with Crippen molar-refractivity contribution in [2.45, 2.75) is 32.4 Å². The van der Waals surface area contributed by atoms with Gasteiger partial charge in [-0.1, -0.05) is 23.2 Å². The molecule has 2 aliphatic heterocycles. The summed E-state index contributed by atoms with van der Waals surface area (Å²) in [5.41, 5.74) is -0.694. The van der Waals surface area contributed by atoms with Crippen LogP contribution in [0, 0.1) is 0 Å². The number of anilines is 1. The van der Waals surface area contributed by atoms with Gasteiger partial charge in [0.05, 0.1) is 6.04 Å². The molecule has 0 aliphatic carbocycles. The molecule has 2 fully saturated rings. The van der Waals surface area contributed by atoms with Crippen LogP contribution < -0.4 is 15.0 Å². The Morgan fingerprint density at radius 2 is 1.94 bits per heavy atom. The van der Waals surface area contributed by atoms with Gasteiger partial charge in [-0.05, 0) is 20.8 Å². The molecule has 1 unspecified atom stereocenters. The number of piperazine rings is 1. The standard InChI is InChI=1S/C20H28Cl2N4O5S/c1-20(2,3)31-19(29)26-5-4-23-12(10-26)11-30-15-13(18(27)28)17(24-16(22)14(15)21)25-6-8-32-9-7-25/h12,23H,4-11H2,1-3H3,(H,27,28). The van der Waals surface area contributed by atoms with E-state index >= 15 is 0 Å². The smallest absolute Gasteiger partial charge is 0.410 e. The number of ether oxygens (including phenoxy) is 2. The summed E-state index contributed by atoms with van der Waals surface area (Å²) in [5, 5.41) is 13.1. The molecule has 178 valence electrons. The van der Waals surface area contributed by atoms with Crippen LogP contribution in [-0.2, 0) is 4.74 Å². The van der Waals surface area contributed by atoms with E-state index in [9.17, 15) is 14.7 Å². The van der Waals surface area contributed by atoms with Crippen molar-refractivity contribution >= 4 is 52.8 Å². The molecule has 9 nitrogen and oxygen atoms in total. The number of carboxylic acid groups (broad SMARTS) is 1. The van der Waals surface area contributed by atoms with Crippen LogP contribution >= 0.6 is 35.0 Å². The number of pyridine rings is 1. The number of carboxylic acids is 1. The van der Waals surface area contributed by atoms with Crippen molar-refractivity contribution in [3.8, 4) is 5.75 Å². The Labute approximate surface area is 201 Å². The molecule has 2 N–H and O–H groups in total. The van der Waals surface area contributed by atoms with E-state index in [1.165, 1.54) is 0 Å². The van der Waals surface area contributed by atoms with Crippen LogP contribution in [-0.4, -0.2) is 89.5 Å². The molecule has 2 aliphatic rings. The zero-order valence-corrected chi connectivity index (χ0v) is 20.6. The van der Waals surface area contributed by atoms with E-state index in [0.717, 1.165) is 11.5 Å². The third-order valence-corrected chi connectivity index (χ3v) is 6.56. The lowest BCUT2D eigenvalue weighted by Gasteiger charge is -2.35. The number of halogens is 2. The molecule has 1 aromatic heterocycles. The first-order valence-electron chi connectivity index (χ1n) is 10.4. The summed E-state index contributed by atoms with van der Waals surface area (Å²) in [5.74, 6) is 0.789. The van der Waals surface area contributed by atoms with E-state index in [4.69, 9.17) is 32.7 Å². The molecule has 2 saturated heterocycles. The monoisotopic (exact) mass is 506 g/mol. The summed E-state index contributed by atoms with van der Waals surface area (Å²) in [7, 11) is 0. The van der Waals surface area contributed by atoms with E-state index in [1.807, 2.05) is 25.7 Å². The number of nitrogens with zero attached hydrogens (tertiary/aromatic N) is 3. The van der Waals surface area contributed by atoms with Crippen LogP contribution in [0.4, 0.5) is 10.6 Å². The third-order valence-electron chi connectivity index (χ3n) is 4.90. The first-order valence-corrected chi connectivity index (χ1v) is 12.3. The molecule has 0 bridgehead atoms. The first-order chi connectivity index (χ1) is 15.1. The molecule has 1 aromatic rings. The SMILES string of the molecule is CC(C)(C)OC(=O)N1CCNC(COc2c(Cl)c(Cl)nc(N3CCSCC3)c2C(=O)O)C1. The molecule has 0 saturated carbocycles. The molecule has 0 radical (unpaired) electrons. The minimum Gasteiger partial charge on any atom is -0.489 e. The number of aromatic nitrogens is 1. The van der Waals surface area contributed by atoms with Crippen molar-refractivity contribution in [2.24, 2.45) is 0 Å². The Kier molecular flexibility index (Phi) is 8.24. The summed E-state index contributed by atoms with van der Waals surface area (Å²) in [6.07, 6.45) is -0.398. The molecule has 3 heterocycles. The number of rotatable bonds is 5. The van der Waals surface area contributed by atoms with Crippen LogP contribution in [0.25, 0.3) is 0 Å². The number of nitrogens with one attached hydrogen (secondary N) is 1. The van der Waals surface area contributed by atoms with Crippen LogP contribution in [0.3, 0.4) is 0 Å². The Balaban J connectivity index is 1.77. The van der Waals surface area contributed by atoms with Crippen molar-refractivity contribution in [3.05, 3.63) is 15.7 Å². The predicted molar refractivity (Wildman–Crippen MR) is 126 cm³/mol. The molecule has 0 aromatic carbocycles. The number of thioether (sulfide) groups is 1. The summed E-state index contributed by atoms with van der Waals surface area (Å²) in [4.78, 5) is 32.3. The van der Waals surface area contributed by atoms with Gasteiger partial charge < -0.3 is 29.7 Å². The molecular formula is C20H28Cl2N4O5S. The van der Waals surface area contributed by atoms with Crippen molar-refractivity contribution in [2.75, 3.05) is 55.7 Å². The summed E-state index contributed by atoms with van der Waals surface area (Å²) < 4.78 is 11.3. The molecular weight excluding hydrogens is 479 g/mol. The van der Waals surface area contributed by atoms with Gasteiger partial charge in [-0.25, -0.2) is 14.6 Å². The average molecular weight is 507 g/mol. The number of carbonyl (C=O) groups excluding carboxylic acids is 1. The molecule has 12 heteroatoms. The van der Waals surface area contributed by atoms with E-state index in [1.54, 1.807) is 16.7 Å². The number of aromatic carboxylic acids is 1. The predicted octanol–water partition coefficient (Wildman–Crippen LogP) is 3.23. The Bertz CT molecular complexity index is 861. The number of hydrogen-bond acceptors (Lipinski definition) is 8. The van der Waals surface area contributed by atoms with Crippen LogP contribution in [0.5, 0.6) is 5.75 Å². The maximum absolute atomic E-state index is 12.4. The zero-order chi connectivity index (χ0) is 23.5. The molecule has 1 atom stereocenters. The summed E-state index contributed by atoms with van der Waals surface area (Å²) in [6.45, 7) is 8.26. The Morgan fingerprint density at radius 1 is 1.25 bits per heavy atom. The van der Waals surface area contributed by atoms with Crippen molar-refractivity contribution in [3.63, 3.8) is 0 Å². The summed E-state index contributed by atoms with van der Waals surface area (Å²) in [6, 6.07) is -0.240. The van der Waals surface area contributed by atoms with Crippen LogP contribution in [0.2, 0.25) is 10.2 Å². The largest absolute Gasteiger partial charge is 0.489 e. The van der Waals surface area contributed by atoms with E-state index < -0.39 is 17.7 Å². The highest BCUT2D eigenvalue weighted by Crippen LogP contribution is 2.39. The fraction of sp³-hybridized carbons (Fsp3) is 0.650. The van der Waals surface area contributed by atoms with Gasteiger partial charge >= 0.3 is 12.1 Å². The van der Waals surface area contributed by atoms with Gasteiger partial charge in [-0.2, -0.15) is 11.8 Å². The summed E-state index contributed by atoms with van der Waals surface area (Å²) >= 11 is 14.3. The molecule has 1 amide bonds. The van der Waals surface area contributed by atoms with E-state index in [0.29, 0.717) is 32.7 Å². The second-order valence-corrected chi connectivity index (χ2v) is 10.5. The highest BCUT2D eigenvalue weighted by molar-refractivity contribution is 7.99. The number of carbonyl (C=O) groups is 2. The first kappa shape index (κ1) is 25.0. The van der Waals surface area contributed by atoms with Gasteiger partial charge in [0.1, 0.15) is 28.6 Å². The normalized spacial score (nSPS) is 19.6. The minimum absolute atomic E-state index is 0.00752. The lowest BCUT2D eigenvalue weighted by molar-refractivity contribution is 0.0178. The fourth-order valence-electron chi connectivity index (χ4n) is 3.45. The van der Waals surface area contributed by atoms with Gasteiger partial charge in [-0.3, -0.25) is 0 Å². The fourth-order valence-corrected chi connectivity index (χ4v) is 4.71. The van der Waals surface area contributed by atoms with Crippen LogP contribution in [0.15, 0.2) is 0 Å². The van der Waals surface area contributed by atoms with Crippen molar-refractivity contribution < 1.29 is 24.2 Å². The lowest BCUT2D eigenvalue weighted by Crippen LogP contribution is -2.55. The number of amides is 1. The molecule has 32 heavy (non-hydrogen) atoms. The topological polar surface area (TPSA) is 104 Å². The minimum atomic E-state index is -1.19. The van der Waals surface area contributed by atoms with Gasteiger partial charge in [0, 0.05) is 44.2 Å². The van der Waals surface area contributed by atoms with Gasteiger partial charge in [0.2, 0.25) is 0 Å². The van der Waals surface area contributed by atoms with Crippen molar-refractivity contribution in [1.82, 2.24) is 15.2 Å². The molecule has 0 spiro atoms. The Morgan fingerprint density at radius 3 is 2.56 bits per heavy atom. The highest BCUT2D eigenvalue weighted by Gasteiger charge is 2.31. The van der Waals surface area contributed by atoms with Crippen LogP contribution in [0.1, 0.15) is 31.1 Å². The second-order valence-electron chi connectivity index (χ2n) is 8.54. The highest BCUT2D eigenvalue weighted by atomic mass is 35.5.